The lowest BCUT2D eigenvalue weighted by molar-refractivity contribution is 0.129. The van der Waals surface area contributed by atoms with Gasteiger partial charge in [0.25, 0.3) is 0 Å². The molecule has 2 aliphatic rings. The Morgan fingerprint density at radius 2 is 1.85 bits per heavy atom. The fraction of sp³-hybridized carbons (Fsp3) is 0.750. The van der Waals surface area contributed by atoms with Crippen LogP contribution in [0.25, 0.3) is 0 Å². The fourth-order valence-corrected chi connectivity index (χ4v) is 4.06. The largest absolute Gasteiger partial charge is 0.373 e. The summed E-state index contributed by atoms with van der Waals surface area (Å²) < 4.78 is 0. The average Bonchev–Trinajstić information content (AvgIpc) is 3.08. The fourth-order valence-electron chi connectivity index (χ4n) is 3.62. The van der Waals surface area contributed by atoms with Gasteiger partial charge in [-0.05, 0) is 31.9 Å². The molecule has 2 heterocycles. The minimum atomic E-state index is 0.273. The van der Waals surface area contributed by atoms with E-state index in [9.17, 15) is 0 Å². The van der Waals surface area contributed by atoms with Crippen LogP contribution in [0.1, 0.15) is 33.6 Å². The second-order valence-electron chi connectivity index (χ2n) is 7.88. The molecule has 0 amide bonds. The molecule has 2 rings (SSSR count). The Morgan fingerprint density at radius 3 is 2.37 bits per heavy atom. The van der Waals surface area contributed by atoms with Crippen molar-refractivity contribution in [3.63, 3.8) is 0 Å². The molecule has 1 unspecified atom stereocenters. The number of thioether (sulfide) groups is 1. The second kappa shape index (κ2) is 10.5. The molecule has 0 aromatic heterocycles. The summed E-state index contributed by atoms with van der Waals surface area (Å²) in [6.07, 6.45) is 4.34. The van der Waals surface area contributed by atoms with Gasteiger partial charge in [0.2, 0.25) is 0 Å². The maximum atomic E-state index is 6.01. The van der Waals surface area contributed by atoms with Crippen molar-refractivity contribution in [2.45, 2.75) is 45.7 Å². The van der Waals surface area contributed by atoms with E-state index >= 15 is 0 Å². The number of aliphatic imine (C=N–C) groups is 1. The minimum absolute atomic E-state index is 0.273. The first kappa shape index (κ1) is 22.3. The van der Waals surface area contributed by atoms with Crippen LogP contribution in [0.2, 0.25) is 0 Å². The van der Waals surface area contributed by atoms with Crippen molar-refractivity contribution in [2.75, 3.05) is 45.5 Å². The van der Waals surface area contributed by atoms with E-state index in [1.807, 2.05) is 5.01 Å². The molecule has 2 fully saturated rings. The van der Waals surface area contributed by atoms with Crippen molar-refractivity contribution in [3.8, 4) is 0 Å². The maximum Gasteiger partial charge on any atom is 0.160 e. The smallest absolute Gasteiger partial charge is 0.160 e. The zero-order chi connectivity index (χ0) is 20.0. The summed E-state index contributed by atoms with van der Waals surface area (Å²) >= 11 is 1.63. The SMILES string of the molecule is C=C(NC(=NCC1CCCN1N)SC)[C@H](C)N1CCN(C(=C)C(C)C)CC1. The van der Waals surface area contributed by atoms with Crippen LogP contribution in [-0.2, 0) is 0 Å². The van der Waals surface area contributed by atoms with Gasteiger partial charge in [-0.25, -0.2) is 5.01 Å². The average molecular weight is 395 g/mol. The number of piperazine rings is 1. The normalized spacial score (nSPS) is 23.7. The van der Waals surface area contributed by atoms with Crippen LogP contribution < -0.4 is 11.2 Å². The zero-order valence-corrected chi connectivity index (χ0v) is 18.4. The van der Waals surface area contributed by atoms with Gasteiger partial charge < -0.3 is 10.2 Å². The molecule has 3 N–H and O–H groups in total. The van der Waals surface area contributed by atoms with Crippen molar-refractivity contribution >= 4 is 16.9 Å². The van der Waals surface area contributed by atoms with E-state index in [1.54, 1.807) is 11.8 Å². The highest BCUT2D eigenvalue weighted by molar-refractivity contribution is 8.13. The number of rotatable bonds is 7. The molecule has 2 aliphatic heterocycles. The predicted octanol–water partition coefficient (Wildman–Crippen LogP) is 2.32. The third kappa shape index (κ3) is 6.24. The first-order valence-electron chi connectivity index (χ1n) is 10.1. The molecule has 27 heavy (non-hydrogen) atoms. The number of hydrogen-bond acceptors (Lipinski definition) is 6. The number of nitrogens with one attached hydrogen (secondary N) is 1. The molecule has 6 nitrogen and oxygen atoms in total. The second-order valence-corrected chi connectivity index (χ2v) is 8.67. The first-order valence-corrected chi connectivity index (χ1v) is 11.3. The third-order valence-electron chi connectivity index (χ3n) is 5.77. The molecule has 154 valence electrons. The molecule has 0 radical (unpaired) electrons. The van der Waals surface area contributed by atoms with Gasteiger partial charge in [0.1, 0.15) is 0 Å². The van der Waals surface area contributed by atoms with Gasteiger partial charge in [-0.15, -0.1) is 0 Å². The number of nitrogens with zero attached hydrogens (tertiary/aromatic N) is 4. The third-order valence-corrected chi connectivity index (χ3v) is 6.39. The molecule has 0 bridgehead atoms. The van der Waals surface area contributed by atoms with E-state index in [2.05, 4.69) is 55.3 Å². The molecular weight excluding hydrogens is 356 g/mol. The Hall–Kier alpha value is -1.02. The van der Waals surface area contributed by atoms with E-state index in [0.717, 1.165) is 63.0 Å². The summed E-state index contributed by atoms with van der Waals surface area (Å²) in [6, 6.07) is 0.635. The summed E-state index contributed by atoms with van der Waals surface area (Å²) in [6.45, 7) is 21.0. The van der Waals surface area contributed by atoms with Crippen LogP contribution in [0.4, 0.5) is 0 Å². The molecule has 0 aromatic rings. The lowest BCUT2D eigenvalue weighted by Gasteiger charge is -2.41. The van der Waals surface area contributed by atoms with Gasteiger partial charge in [-0.1, -0.05) is 38.8 Å². The lowest BCUT2D eigenvalue weighted by Crippen LogP contribution is -2.51. The van der Waals surface area contributed by atoms with E-state index in [4.69, 9.17) is 10.8 Å². The highest BCUT2D eigenvalue weighted by atomic mass is 32.2. The van der Waals surface area contributed by atoms with Gasteiger partial charge >= 0.3 is 0 Å². The summed E-state index contributed by atoms with van der Waals surface area (Å²) in [5.41, 5.74) is 2.26. The summed E-state index contributed by atoms with van der Waals surface area (Å²) in [5, 5.41) is 6.29. The molecule has 0 aromatic carbocycles. The Labute approximate surface area is 169 Å². The standard InChI is InChI=1S/C20H38N6S/c1-15(2)17(4)24-10-12-25(13-11-24)18(5)16(3)23-20(27-6)22-14-19-8-7-9-26(19)21/h15,18-19H,3-4,7-14,21H2,1-2,5-6H3,(H,22,23)/t18-,19?/m0/s1. The van der Waals surface area contributed by atoms with Crippen LogP contribution in [0, 0.1) is 5.92 Å². The molecule has 7 heteroatoms. The Morgan fingerprint density at radius 1 is 1.19 bits per heavy atom. The van der Waals surface area contributed by atoms with Crippen LogP contribution in [0.15, 0.2) is 29.5 Å². The summed E-state index contributed by atoms with van der Waals surface area (Å²) in [4.78, 5) is 9.64. The maximum absolute atomic E-state index is 6.01. The van der Waals surface area contributed by atoms with Crippen LogP contribution in [0.3, 0.4) is 0 Å². The Balaban J connectivity index is 1.82. The van der Waals surface area contributed by atoms with Gasteiger partial charge in [0.15, 0.2) is 5.17 Å². The van der Waals surface area contributed by atoms with Gasteiger partial charge in [-0.3, -0.25) is 15.7 Å². The van der Waals surface area contributed by atoms with E-state index in [0.29, 0.717) is 12.0 Å². The van der Waals surface area contributed by atoms with Crippen molar-refractivity contribution in [1.29, 1.82) is 0 Å². The minimum Gasteiger partial charge on any atom is -0.373 e. The highest BCUT2D eigenvalue weighted by Crippen LogP contribution is 2.18. The molecule has 0 aliphatic carbocycles. The number of hydrogen-bond donors (Lipinski definition) is 2. The van der Waals surface area contributed by atoms with Gasteiger partial charge in [0.05, 0.1) is 6.54 Å². The molecule has 2 atom stereocenters. The quantitative estimate of drug-likeness (QED) is 0.393. The van der Waals surface area contributed by atoms with Crippen molar-refractivity contribution in [2.24, 2.45) is 16.8 Å². The molecule has 2 saturated heterocycles. The monoisotopic (exact) mass is 394 g/mol. The lowest BCUT2D eigenvalue weighted by atomic mass is 10.1. The van der Waals surface area contributed by atoms with Crippen LogP contribution >= 0.6 is 11.8 Å². The number of nitrogens with two attached hydrogens (primary N) is 1. The van der Waals surface area contributed by atoms with E-state index < -0.39 is 0 Å². The van der Waals surface area contributed by atoms with E-state index in [1.165, 1.54) is 5.70 Å². The summed E-state index contributed by atoms with van der Waals surface area (Å²) in [5.74, 6) is 6.52. The number of hydrazine groups is 1. The summed E-state index contributed by atoms with van der Waals surface area (Å²) in [7, 11) is 0. The number of allylic oxidation sites excluding steroid dienone is 1. The number of amidine groups is 1. The van der Waals surface area contributed by atoms with Crippen molar-refractivity contribution in [3.05, 3.63) is 24.6 Å². The van der Waals surface area contributed by atoms with Gasteiger partial charge in [0, 0.05) is 56.2 Å². The van der Waals surface area contributed by atoms with Gasteiger partial charge in [-0.2, -0.15) is 0 Å². The van der Waals surface area contributed by atoms with Crippen LogP contribution in [0.5, 0.6) is 0 Å². The predicted molar refractivity (Wildman–Crippen MR) is 119 cm³/mol. The van der Waals surface area contributed by atoms with Crippen molar-refractivity contribution < 1.29 is 0 Å². The molecular formula is C20H38N6S. The topological polar surface area (TPSA) is 60.1 Å². The first-order chi connectivity index (χ1) is 12.8. The zero-order valence-electron chi connectivity index (χ0n) is 17.6. The molecule has 0 spiro atoms. The van der Waals surface area contributed by atoms with Crippen molar-refractivity contribution in [1.82, 2.24) is 20.1 Å². The highest BCUT2D eigenvalue weighted by Gasteiger charge is 2.25. The Kier molecular flexibility index (Phi) is 8.66. The van der Waals surface area contributed by atoms with Crippen LogP contribution in [-0.4, -0.2) is 77.6 Å². The Bertz CT molecular complexity index is 539. The van der Waals surface area contributed by atoms with E-state index in [-0.39, 0.29) is 6.04 Å². The molecule has 0 saturated carbocycles.